The average molecular weight is 496 g/mol. The number of benzene rings is 2. The van der Waals surface area contributed by atoms with Gasteiger partial charge in [-0.15, -0.1) is 0 Å². The minimum absolute atomic E-state index is 0.0797. The third-order valence-corrected chi connectivity index (χ3v) is 5.81. The molecule has 1 saturated heterocycles. The van der Waals surface area contributed by atoms with E-state index in [9.17, 15) is 19.2 Å². The molecule has 0 aromatic heterocycles. The fourth-order valence-corrected chi connectivity index (χ4v) is 3.96. The maximum absolute atomic E-state index is 13.6. The Bertz CT molecular complexity index is 1140. The minimum Gasteiger partial charge on any atom is -0.495 e. The number of hydrogen-bond donors (Lipinski definition) is 1. The van der Waals surface area contributed by atoms with E-state index in [2.05, 4.69) is 5.32 Å². The first-order valence-corrected chi connectivity index (χ1v) is 11.8. The van der Waals surface area contributed by atoms with Gasteiger partial charge < -0.3 is 14.8 Å². The molecule has 0 radical (unpaired) electrons. The number of ether oxygens (including phenoxy) is 2. The lowest BCUT2D eigenvalue weighted by atomic mass is 9.85. The second-order valence-electron chi connectivity index (χ2n) is 9.62. The van der Waals surface area contributed by atoms with Gasteiger partial charge in [-0.2, -0.15) is 0 Å². The third-order valence-electron chi connectivity index (χ3n) is 5.81. The van der Waals surface area contributed by atoms with Gasteiger partial charge in [-0.1, -0.05) is 57.2 Å². The molecule has 2 aromatic carbocycles. The van der Waals surface area contributed by atoms with Gasteiger partial charge in [-0.3, -0.25) is 19.3 Å². The van der Waals surface area contributed by atoms with Gasteiger partial charge >= 0.3 is 6.03 Å². The molecule has 2 aromatic rings. The molecule has 0 spiro atoms. The van der Waals surface area contributed by atoms with Gasteiger partial charge in [0.1, 0.15) is 5.75 Å². The van der Waals surface area contributed by atoms with Crippen molar-refractivity contribution >= 4 is 29.3 Å². The van der Waals surface area contributed by atoms with Crippen LogP contribution in [0.4, 0.5) is 10.5 Å². The van der Waals surface area contributed by atoms with Crippen molar-refractivity contribution in [2.75, 3.05) is 19.0 Å². The summed E-state index contributed by atoms with van der Waals surface area (Å²) in [6, 6.07) is 11.8. The standard InChI is InChI=1S/C27H33N3O6/c1-7-36-25-24(33)30(26(34)29(25)16-18-11-9-8-10-12-18)21(22(31)27(3,4)5)23(32)28-19-15-17(2)13-14-20(19)35-6/h8-15,21,25H,7,16H2,1-6H3,(H,28,32). The monoisotopic (exact) mass is 495 g/mol. The predicted molar refractivity (Wildman–Crippen MR) is 134 cm³/mol. The van der Waals surface area contributed by atoms with Crippen LogP contribution < -0.4 is 10.1 Å². The summed E-state index contributed by atoms with van der Waals surface area (Å²) >= 11 is 0. The Kier molecular flexibility index (Phi) is 8.14. The first-order valence-electron chi connectivity index (χ1n) is 11.8. The summed E-state index contributed by atoms with van der Waals surface area (Å²) in [5, 5.41) is 2.69. The van der Waals surface area contributed by atoms with Crippen LogP contribution in [0.5, 0.6) is 5.75 Å². The molecular weight excluding hydrogens is 462 g/mol. The number of amides is 4. The predicted octanol–water partition coefficient (Wildman–Crippen LogP) is 3.75. The Morgan fingerprint density at radius 2 is 1.75 bits per heavy atom. The Labute approximate surface area is 211 Å². The van der Waals surface area contributed by atoms with Gasteiger partial charge in [-0.05, 0) is 37.1 Å². The summed E-state index contributed by atoms with van der Waals surface area (Å²) in [5.74, 6) is -1.76. The van der Waals surface area contributed by atoms with Crippen LogP contribution in [0.1, 0.15) is 38.8 Å². The number of carbonyl (C=O) groups excluding carboxylic acids is 4. The molecule has 0 saturated carbocycles. The summed E-state index contributed by atoms with van der Waals surface area (Å²) in [4.78, 5) is 56.2. The average Bonchev–Trinajstić information content (AvgIpc) is 3.04. The van der Waals surface area contributed by atoms with Gasteiger partial charge in [0.15, 0.2) is 11.8 Å². The Hall–Kier alpha value is -3.72. The van der Waals surface area contributed by atoms with E-state index >= 15 is 0 Å². The maximum Gasteiger partial charge on any atom is 0.330 e. The van der Waals surface area contributed by atoms with Crippen molar-refractivity contribution in [3.63, 3.8) is 0 Å². The van der Waals surface area contributed by atoms with Crippen molar-refractivity contribution in [3.05, 3.63) is 59.7 Å². The Morgan fingerprint density at radius 1 is 1.08 bits per heavy atom. The van der Waals surface area contributed by atoms with Crippen LogP contribution in [0, 0.1) is 12.3 Å². The molecule has 0 aliphatic carbocycles. The number of anilines is 1. The fourth-order valence-electron chi connectivity index (χ4n) is 3.96. The lowest BCUT2D eigenvalue weighted by molar-refractivity contribution is -0.149. The number of Topliss-reactive ketones (excluding diaryl/α,β-unsaturated/α-hetero) is 1. The van der Waals surface area contributed by atoms with Crippen LogP contribution >= 0.6 is 0 Å². The number of imide groups is 1. The zero-order valence-corrected chi connectivity index (χ0v) is 21.5. The molecule has 1 heterocycles. The zero-order chi connectivity index (χ0) is 26.6. The van der Waals surface area contributed by atoms with E-state index in [0.717, 1.165) is 16.0 Å². The van der Waals surface area contributed by atoms with E-state index in [4.69, 9.17) is 9.47 Å². The van der Waals surface area contributed by atoms with Crippen molar-refractivity contribution in [2.45, 2.75) is 53.4 Å². The topological polar surface area (TPSA) is 105 Å². The lowest BCUT2D eigenvalue weighted by Gasteiger charge is -2.29. The van der Waals surface area contributed by atoms with E-state index < -0.39 is 41.3 Å². The first-order chi connectivity index (χ1) is 17.0. The smallest absolute Gasteiger partial charge is 0.330 e. The van der Waals surface area contributed by atoms with E-state index in [1.807, 2.05) is 43.3 Å². The molecule has 3 rings (SSSR count). The number of ketones is 1. The lowest BCUT2D eigenvalue weighted by Crippen LogP contribution is -2.55. The van der Waals surface area contributed by atoms with Crippen LogP contribution in [-0.4, -0.2) is 59.4 Å². The van der Waals surface area contributed by atoms with Gasteiger partial charge in [0.05, 0.1) is 19.3 Å². The molecular formula is C27H33N3O6. The molecule has 4 amide bonds. The van der Waals surface area contributed by atoms with E-state index in [1.165, 1.54) is 12.0 Å². The fraction of sp³-hybridized carbons (Fsp3) is 0.407. The molecule has 9 heteroatoms. The van der Waals surface area contributed by atoms with Crippen molar-refractivity contribution in [1.29, 1.82) is 0 Å². The zero-order valence-electron chi connectivity index (χ0n) is 21.5. The van der Waals surface area contributed by atoms with Gasteiger partial charge in [-0.25, -0.2) is 9.69 Å². The number of hydrogen-bond acceptors (Lipinski definition) is 6. The molecule has 1 N–H and O–H groups in total. The molecule has 1 aliphatic rings. The highest BCUT2D eigenvalue weighted by atomic mass is 16.5. The summed E-state index contributed by atoms with van der Waals surface area (Å²) in [5.41, 5.74) is 0.935. The third kappa shape index (κ3) is 5.57. The normalized spacial score (nSPS) is 16.8. The quantitative estimate of drug-likeness (QED) is 0.420. The number of methoxy groups -OCH3 is 1. The number of aryl methyl sites for hydroxylation is 1. The first kappa shape index (κ1) is 26.9. The minimum atomic E-state index is -1.70. The van der Waals surface area contributed by atoms with Crippen molar-refractivity contribution < 1.29 is 28.7 Å². The molecule has 0 bridgehead atoms. The SMILES string of the molecule is CCOC1C(=O)N(C(C(=O)Nc2cc(C)ccc2OC)C(=O)C(C)(C)C)C(=O)N1Cc1ccccc1. The summed E-state index contributed by atoms with van der Waals surface area (Å²) < 4.78 is 11.0. The van der Waals surface area contributed by atoms with Crippen molar-refractivity contribution in [2.24, 2.45) is 5.41 Å². The number of carbonyl (C=O) groups is 4. The second-order valence-corrected chi connectivity index (χ2v) is 9.62. The Morgan fingerprint density at radius 3 is 2.33 bits per heavy atom. The van der Waals surface area contributed by atoms with Crippen LogP contribution in [0.3, 0.4) is 0 Å². The highest BCUT2D eigenvalue weighted by Crippen LogP contribution is 2.30. The molecule has 9 nitrogen and oxygen atoms in total. The van der Waals surface area contributed by atoms with E-state index in [1.54, 1.807) is 39.8 Å². The largest absolute Gasteiger partial charge is 0.495 e. The van der Waals surface area contributed by atoms with Gasteiger partial charge in [0.2, 0.25) is 6.23 Å². The highest BCUT2D eigenvalue weighted by Gasteiger charge is 2.54. The molecule has 1 fully saturated rings. The highest BCUT2D eigenvalue weighted by molar-refractivity contribution is 6.19. The van der Waals surface area contributed by atoms with Crippen molar-refractivity contribution in [1.82, 2.24) is 9.80 Å². The van der Waals surface area contributed by atoms with Crippen molar-refractivity contribution in [3.8, 4) is 5.75 Å². The molecule has 2 unspecified atom stereocenters. The summed E-state index contributed by atoms with van der Waals surface area (Å²) in [6.45, 7) is 8.69. The maximum atomic E-state index is 13.6. The van der Waals surface area contributed by atoms with Gasteiger partial charge in [0, 0.05) is 12.0 Å². The number of nitrogens with zero attached hydrogens (tertiary/aromatic N) is 2. The molecule has 192 valence electrons. The Balaban J connectivity index is 2.02. The molecule has 36 heavy (non-hydrogen) atoms. The van der Waals surface area contributed by atoms with Crippen LogP contribution in [-0.2, 0) is 25.7 Å². The molecule has 2 atom stereocenters. The van der Waals surface area contributed by atoms with E-state index in [0.29, 0.717) is 11.4 Å². The number of nitrogens with one attached hydrogen (secondary N) is 1. The van der Waals surface area contributed by atoms with Crippen LogP contribution in [0.2, 0.25) is 0 Å². The number of rotatable bonds is 9. The molecule has 1 aliphatic heterocycles. The van der Waals surface area contributed by atoms with Crippen LogP contribution in [0.25, 0.3) is 0 Å². The summed E-state index contributed by atoms with van der Waals surface area (Å²) in [6.07, 6.45) is -1.25. The summed E-state index contributed by atoms with van der Waals surface area (Å²) in [7, 11) is 1.46. The van der Waals surface area contributed by atoms with Crippen LogP contribution in [0.15, 0.2) is 48.5 Å². The second kappa shape index (κ2) is 10.9. The number of urea groups is 1. The van der Waals surface area contributed by atoms with E-state index in [-0.39, 0.29) is 13.2 Å². The van der Waals surface area contributed by atoms with Gasteiger partial charge in [0.25, 0.3) is 11.8 Å².